The van der Waals surface area contributed by atoms with Crippen molar-refractivity contribution < 1.29 is 19.1 Å². The monoisotopic (exact) mass is 589 g/mol. The van der Waals surface area contributed by atoms with Crippen LogP contribution in [0, 0.1) is 5.92 Å². The van der Waals surface area contributed by atoms with Crippen LogP contribution in [0.5, 0.6) is 0 Å². The maximum atomic E-state index is 12.3. The molecular weight excluding hydrogens is 538 g/mol. The van der Waals surface area contributed by atoms with Crippen molar-refractivity contribution in [3.63, 3.8) is 0 Å². The largest absolute Gasteiger partial charge is 0.379 e. The Kier molecular flexibility index (Phi) is 16.5. The van der Waals surface area contributed by atoms with E-state index in [1.807, 2.05) is 0 Å². The molecule has 10 heteroatoms. The molecule has 4 N–H and O–H groups in total. The number of hydrogen-bond donors (Lipinski definition) is 3. The summed E-state index contributed by atoms with van der Waals surface area (Å²) in [4.78, 5) is 38.7. The van der Waals surface area contributed by atoms with Gasteiger partial charge >= 0.3 is 0 Å². The summed E-state index contributed by atoms with van der Waals surface area (Å²) in [6.45, 7) is 13.6. The van der Waals surface area contributed by atoms with Crippen molar-refractivity contribution in [2.45, 2.75) is 91.0 Å². The highest BCUT2D eigenvalue weighted by molar-refractivity contribution is 7.18. The van der Waals surface area contributed by atoms with Crippen LogP contribution in [0.25, 0.3) is 10.2 Å². The molecule has 0 bridgehead atoms. The predicted octanol–water partition coefficient (Wildman–Crippen LogP) is 4.38. The van der Waals surface area contributed by atoms with Crippen LogP contribution >= 0.6 is 11.3 Å². The van der Waals surface area contributed by atoms with Crippen LogP contribution in [0.2, 0.25) is 0 Å². The third-order valence-electron chi connectivity index (χ3n) is 7.54. The minimum atomic E-state index is -0.245. The number of aryl methyl sites for hydroxylation is 1. The lowest BCUT2D eigenvalue weighted by Crippen LogP contribution is -2.40. The smallest absolute Gasteiger partial charge is 0.220 e. The van der Waals surface area contributed by atoms with Gasteiger partial charge in [0, 0.05) is 51.5 Å². The van der Waals surface area contributed by atoms with E-state index in [4.69, 9.17) is 9.72 Å². The fourth-order valence-electron chi connectivity index (χ4n) is 4.86. The number of carbonyl (C=O) groups is 3. The van der Waals surface area contributed by atoms with Gasteiger partial charge in [0.05, 0.1) is 28.4 Å². The highest BCUT2D eigenvalue weighted by atomic mass is 32.1. The van der Waals surface area contributed by atoms with E-state index in [9.17, 15) is 14.4 Å². The van der Waals surface area contributed by atoms with Crippen LogP contribution < -0.4 is 16.4 Å². The maximum absolute atomic E-state index is 12.3. The van der Waals surface area contributed by atoms with Crippen LogP contribution in [-0.2, 0) is 25.5 Å². The quantitative estimate of drug-likeness (QED) is 0.264. The van der Waals surface area contributed by atoms with E-state index >= 15 is 0 Å². The van der Waals surface area contributed by atoms with Crippen molar-refractivity contribution in [1.29, 1.82) is 0 Å². The first-order valence-electron chi connectivity index (χ1n) is 15.2. The highest BCUT2D eigenvalue weighted by Crippen LogP contribution is 2.28. The van der Waals surface area contributed by atoms with Gasteiger partial charge in [-0.15, -0.1) is 11.3 Å². The first-order chi connectivity index (χ1) is 19.7. The van der Waals surface area contributed by atoms with Gasteiger partial charge < -0.3 is 21.1 Å². The third-order valence-corrected chi connectivity index (χ3v) is 8.62. The Hall–Kier alpha value is -2.56. The van der Waals surface area contributed by atoms with Crippen LogP contribution in [0.3, 0.4) is 0 Å². The number of nitrogens with one attached hydrogen (secondary N) is 2. The molecule has 1 aromatic heterocycles. The second-order valence-electron chi connectivity index (χ2n) is 11.1. The van der Waals surface area contributed by atoms with Gasteiger partial charge in [0.1, 0.15) is 0 Å². The average molecular weight is 590 g/mol. The summed E-state index contributed by atoms with van der Waals surface area (Å²) in [5, 5.41) is 6.91. The summed E-state index contributed by atoms with van der Waals surface area (Å²) in [5.41, 5.74) is 7.06. The summed E-state index contributed by atoms with van der Waals surface area (Å²) < 4.78 is 6.41. The molecule has 2 aromatic rings. The second kappa shape index (κ2) is 19.5. The summed E-state index contributed by atoms with van der Waals surface area (Å²) in [5.74, 6) is 1.11. The number of benzene rings is 1. The molecule has 1 saturated carbocycles. The molecule has 1 unspecified atom stereocenters. The number of hydrogen-bond acceptors (Lipinski definition) is 7. The highest BCUT2D eigenvalue weighted by Gasteiger charge is 2.21. The van der Waals surface area contributed by atoms with Crippen molar-refractivity contribution in [3.8, 4) is 0 Å². The first-order valence-corrected chi connectivity index (χ1v) is 16.0. The molecule has 1 aromatic carbocycles. The number of carbonyl (C=O) groups excluding carboxylic acids is 3. The Morgan fingerprint density at radius 1 is 1.17 bits per heavy atom. The molecule has 0 radical (unpaired) electrons. The molecule has 1 atom stereocenters. The molecule has 230 valence electrons. The van der Waals surface area contributed by atoms with Gasteiger partial charge in [0.15, 0.2) is 0 Å². The zero-order chi connectivity index (χ0) is 30.0. The number of nitrogens with two attached hydrogens (primary N) is 1. The van der Waals surface area contributed by atoms with Crippen LogP contribution in [0.4, 0.5) is 0 Å². The van der Waals surface area contributed by atoms with Gasteiger partial charge in [0.2, 0.25) is 18.2 Å². The zero-order valence-electron chi connectivity index (χ0n) is 25.5. The van der Waals surface area contributed by atoms with Crippen LogP contribution in [0.15, 0.2) is 18.2 Å². The number of aromatic nitrogens is 1. The minimum absolute atomic E-state index is 0.167. The van der Waals surface area contributed by atoms with Crippen molar-refractivity contribution in [1.82, 2.24) is 20.5 Å². The molecule has 1 saturated heterocycles. The fraction of sp³-hybridized carbons (Fsp3) is 0.677. The van der Waals surface area contributed by atoms with Gasteiger partial charge in [-0.05, 0) is 49.3 Å². The molecule has 2 fully saturated rings. The number of fused-ring (bicyclic) bond motifs is 1. The van der Waals surface area contributed by atoms with Crippen molar-refractivity contribution in [2.24, 2.45) is 11.7 Å². The zero-order valence-corrected chi connectivity index (χ0v) is 26.3. The van der Waals surface area contributed by atoms with Gasteiger partial charge in [-0.3, -0.25) is 19.3 Å². The molecule has 1 aliphatic heterocycles. The van der Waals surface area contributed by atoms with E-state index in [1.54, 1.807) is 18.3 Å². The predicted molar refractivity (Wildman–Crippen MR) is 167 cm³/mol. The molecule has 3 amide bonds. The SMILES string of the molecule is CC(C)c1ccc2nc(CCC(=O)NC(C)C3CCCCC3)sc2c1.CCC(N)=O.O=CNCCN1CCOCC1. The van der Waals surface area contributed by atoms with Crippen molar-refractivity contribution >= 4 is 39.8 Å². The number of rotatable bonds is 11. The summed E-state index contributed by atoms with van der Waals surface area (Å²) in [6.07, 6.45) is 8.96. The van der Waals surface area contributed by atoms with Gasteiger partial charge in [-0.2, -0.15) is 0 Å². The van der Waals surface area contributed by atoms with Crippen LogP contribution in [-0.4, -0.2) is 73.5 Å². The normalized spacial score (nSPS) is 16.6. The fourth-order valence-corrected chi connectivity index (χ4v) is 5.88. The van der Waals surface area contributed by atoms with Gasteiger partial charge in [0.25, 0.3) is 0 Å². The van der Waals surface area contributed by atoms with E-state index in [-0.39, 0.29) is 11.8 Å². The van der Waals surface area contributed by atoms with Crippen molar-refractivity contribution in [3.05, 3.63) is 28.8 Å². The van der Waals surface area contributed by atoms with Gasteiger partial charge in [-0.25, -0.2) is 4.98 Å². The molecule has 1 aliphatic carbocycles. The lowest BCUT2D eigenvalue weighted by Gasteiger charge is -2.28. The summed E-state index contributed by atoms with van der Waals surface area (Å²) in [7, 11) is 0. The minimum Gasteiger partial charge on any atom is -0.379 e. The lowest BCUT2D eigenvalue weighted by atomic mass is 9.84. The molecular formula is C31H51N5O4S. The van der Waals surface area contributed by atoms with E-state index in [2.05, 4.69) is 60.2 Å². The van der Waals surface area contributed by atoms with Crippen molar-refractivity contribution in [2.75, 3.05) is 39.4 Å². The molecule has 2 heterocycles. The summed E-state index contributed by atoms with van der Waals surface area (Å²) in [6, 6.07) is 6.81. The topological polar surface area (TPSA) is 127 Å². The van der Waals surface area contributed by atoms with E-state index in [0.29, 0.717) is 30.7 Å². The number of nitrogens with zero attached hydrogens (tertiary/aromatic N) is 2. The number of ether oxygens (including phenoxy) is 1. The Labute approximate surface area is 250 Å². The van der Waals surface area contributed by atoms with E-state index in [0.717, 1.165) is 62.7 Å². The lowest BCUT2D eigenvalue weighted by molar-refractivity contribution is -0.122. The average Bonchev–Trinajstić information content (AvgIpc) is 3.40. The number of primary amides is 1. The molecule has 9 nitrogen and oxygen atoms in total. The Balaban J connectivity index is 0.000000303. The standard InChI is InChI=1S/C21H30N2OS.C7H14N2O2.C3H7NO/c1-14(2)17-9-10-18-19(13-17)25-21(23-18)12-11-20(24)22-15(3)16-7-5-4-6-8-16;10-7-8-1-2-9-3-5-11-6-4-9;1-2-3(4)5/h9-10,13-16H,4-8,11-12H2,1-3H3,(H,22,24);7H,1-6H2,(H,8,10);2H2,1H3,(H2,4,5). The molecule has 41 heavy (non-hydrogen) atoms. The van der Waals surface area contributed by atoms with E-state index < -0.39 is 0 Å². The Morgan fingerprint density at radius 2 is 1.85 bits per heavy atom. The second-order valence-corrected chi connectivity index (χ2v) is 12.2. The number of thiazole rings is 1. The maximum Gasteiger partial charge on any atom is 0.220 e. The third kappa shape index (κ3) is 13.8. The van der Waals surface area contributed by atoms with Crippen LogP contribution in [0.1, 0.15) is 89.1 Å². The molecule has 2 aliphatic rings. The Bertz CT molecular complexity index is 1050. The molecule has 0 spiro atoms. The summed E-state index contributed by atoms with van der Waals surface area (Å²) >= 11 is 1.73. The van der Waals surface area contributed by atoms with Gasteiger partial charge in [-0.1, -0.05) is 46.1 Å². The first kappa shape index (κ1) is 34.6. The van der Waals surface area contributed by atoms with E-state index in [1.165, 1.54) is 42.4 Å². The molecule has 4 rings (SSSR count). The Morgan fingerprint density at radius 3 is 2.46 bits per heavy atom. The number of morpholine rings is 1. The number of amides is 3.